The smallest absolute Gasteiger partial charge is 0.224 e. The van der Waals surface area contributed by atoms with Gasteiger partial charge in [0.05, 0.1) is 38.6 Å². The quantitative estimate of drug-likeness (QED) is 0.198. The molecule has 1 aromatic rings. The van der Waals surface area contributed by atoms with Crippen molar-refractivity contribution < 1.29 is 24.2 Å². The molecule has 0 radical (unpaired) electrons. The minimum atomic E-state index is -0.0504. The summed E-state index contributed by atoms with van der Waals surface area (Å²) in [5, 5.41) is 11.6. The van der Waals surface area contributed by atoms with Crippen LogP contribution in [0.5, 0.6) is 5.88 Å². The van der Waals surface area contributed by atoms with Crippen molar-refractivity contribution in [3.05, 3.63) is 23.9 Å². The third-order valence-corrected chi connectivity index (χ3v) is 2.43. The molecule has 3 N–H and O–H groups in total. The van der Waals surface area contributed by atoms with Crippen LogP contribution in [0.25, 0.3) is 0 Å². The molecule has 0 aliphatic rings. The topological polar surface area (TPSA) is 108 Å². The molecule has 0 fully saturated rings. The van der Waals surface area contributed by atoms with Crippen molar-refractivity contribution in [3.8, 4) is 5.88 Å². The lowest BCUT2D eigenvalue weighted by Crippen LogP contribution is -2.17. The van der Waals surface area contributed by atoms with E-state index in [4.69, 9.17) is 29.9 Å². The average molecular weight is 299 g/mol. The van der Waals surface area contributed by atoms with Gasteiger partial charge in [0.25, 0.3) is 0 Å². The van der Waals surface area contributed by atoms with Gasteiger partial charge in [-0.05, 0) is 12.1 Å². The van der Waals surface area contributed by atoms with Gasteiger partial charge in [-0.15, -0.1) is 0 Å². The number of amidine groups is 1. The Morgan fingerprint density at radius 3 is 2.52 bits per heavy atom. The number of hydrogen-bond donors (Lipinski definition) is 2. The number of nitrogens with two attached hydrogens (primary N) is 1. The van der Waals surface area contributed by atoms with Gasteiger partial charge in [-0.25, -0.2) is 4.98 Å². The zero-order valence-electron chi connectivity index (χ0n) is 12.0. The van der Waals surface area contributed by atoms with Gasteiger partial charge in [0.15, 0.2) is 5.84 Å². The summed E-state index contributed by atoms with van der Waals surface area (Å²) >= 11 is 0. The van der Waals surface area contributed by atoms with Crippen LogP contribution in [-0.4, -0.2) is 62.8 Å². The van der Waals surface area contributed by atoms with Gasteiger partial charge in [-0.2, -0.15) is 0 Å². The molecule has 0 aliphatic heterocycles. The van der Waals surface area contributed by atoms with Crippen molar-refractivity contribution in [2.45, 2.75) is 0 Å². The third-order valence-electron chi connectivity index (χ3n) is 2.43. The molecule has 0 aromatic carbocycles. The molecule has 1 heterocycles. The van der Waals surface area contributed by atoms with E-state index in [1.54, 1.807) is 25.4 Å². The molecule has 0 unspecified atom stereocenters. The van der Waals surface area contributed by atoms with Crippen molar-refractivity contribution in [3.63, 3.8) is 0 Å². The van der Waals surface area contributed by atoms with E-state index < -0.39 is 0 Å². The van der Waals surface area contributed by atoms with Crippen molar-refractivity contribution >= 4 is 5.84 Å². The summed E-state index contributed by atoms with van der Waals surface area (Å²) in [5.74, 6) is 0.248. The van der Waals surface area contributed by atoms with Crippen LogP contribution in [0, 0.1) is 0 Å². The first-order chi connectivity index (χ1) is 10.3. The minimum absolute atomic E-state index is 0.0504. The molecule has 1 rings (SSSR count). The first-order valence-corrected chi connectivity index (χ1v) is 6.49. The highest BCUT2D eigenvalue weighted by molar-refractivity contribution is 5.98. The van der Waals surface area contributed by atoms with E-state index in [1.165, 1.54) is 0 Å². The fraction of sp³-hybridized carbons (Fsp3) is 0.538. The fourth-order valence-electron chi connectivity index (χ4n) is 1.42. The molecule has 8 nitrogen and oxygen atoms in total. The minimum Gasteiger partial charge on any atom is -0.475 e. The Kier molecular flexibility index (Phi) is 8.85. The SMILES string of the molecule is COCCOCCOCCOc1ncccc1/C(N)=N/O. The monoisotopic (exact) mass is 299 g/mol. The number of oxime groups is 1. The van der Waals surface area contributed by atoms with Crippen LogP contribution in [0.4, 0.5) is 0 Å². The second-order valence-corrected chi connectivity index (χ2v) is 3.91. The Labute approximate surface area is 123 Å². The van der Waals surface area contributed by atoms with Crippen LogP contribution in [0.1, 0.15) is 5.56 Å². The first-order valence-electron chi connectivity index (χ1n) is 6.49. The molecule has 0 saturated heterocycles. The van der Waals surface area contributed by atoms with E-state index in [2.05, 4.69) is 10.1 Å². The van der Waals surface area contributed by atoms with Gasteiger partial charge in [0.1, 0.15) is 6.61 Å². The van der Waals surface area contributed by atoms with Crippen molar-refractivity contribution in [1.29, 1.82) is 0 Å². The molecule has 21 heavy (non-hydrogen) atoms. The summed E-state index contributed by atoms with van der Waals surface area (Å²) in [6, 6.07) is 3.33. The van der Waals surface area contributed by atoms with Gasteiger partial charge in [0, 0.05) is 13.3 Å². The number of ether oxygens (including phenoxy) is 4. The van der Waals surface area contributed by atoms with Crippen molar-refractivity contribution in [2.75, 3.05) is 46.8 Å². The number of rotatable bonds is 11. The van der Waals surface area contributed by atoms with Gasteiger partial charge >= 0.3 is 0 Å². The van der Waals surface area contributed by atoms with Crippen LogP contribution in [-0.2, 0) is 14.2 Å². The summed E-state index contributed by atoms with van der Waals surface area (Å²) in [5.41, 5.74) is 5.96. The molecule has 0 amide bonds. The number of nitrogens with zero attached hydrogens (tertiary/aromatic N) is 2. The second-order valence-electron chi connectivity index (χ2n) is 3.91. The number of aromatic nitrogens is 1. The van der Waals surface area contributed by atoms with Gasteiger partial charge < -0.3 is 29.9 Å². The molecule has 0 atom stereocenters. The van der Waals surface area contributed by atoms with Gasteiger partial charge in [-0.1, -0.05) is 5.16 Å². The third kappa shape index (κ3) is 6.89. The maximum Gasteiger partial charge on any atom is 0.224 e. The molecule has 118 valence electrons. The lowest BCUT2D eigenvalue weighted by atomic mass is 10.2. The molecular formula is C13H21N3O5. The fourth-order valence-corrected chi connectivity index (χ4v) is 1.42. The Bertz CT molecular complexity index is 428. The van der Waals surface area contributed by atoms with Crippen LogP contribution in [0.3, 0.4) is 0 Å². The van der Waals surface area contributed by atoms with E-state index in [0.717, 1.165) is 0 Å². The summed E-state index contributed by atoms with van der Waals surface area (Å²) < 4.78 is 20.9. The van der Waals surface area contributed by atoms with E-state index in [1.807, 2.05) is 0 Å². The van der Waals surface area contributed by atoms with Gasteiger partial charge in [0.2, 0.25) is 5.88 Å². The largest absolute Gasteiger partial charge is 0.475 e. The maximum atomic E-state index is 8.68. The highest BCUT2D eigenvalue weighted by Crippen LogP contribution is 2.13. The Morgan fingerprint density at radius 1 is 1.19 bits per heavy atom. The summed E-state index contributed by atoms with van der Waals surface area (Å²) in [6.07, 6.45) is 1.56. The Morgan fingerprint density at radius 2 is 1.86 bits per heavy atom. The highest BCUT2D eigenvalue weighted by Gasteiger charge is 2.08. The predicted molar refractivity (Wildman–Crippen MR) is 75.8 cm³/mol. The predicted octanol–water partition coefficient (Wildman–Crippen LogP) is 0.235. The summed E-state index contributed by atoms with van der Waals surface area (Å²) in [7, 11) is 1.62. The van der Waals surface area contributed by atoms with Crippen molar-refractivity contribution in [1.82, 2.24) is 4.98 Å². The number of methoxy groups -OCH3 is 1. The standard InChI is InChI=1S/C13H21N3O5/c1-18-5-6-19-7-8-20-9-10-21-13-11(12(14)16-17)3-2-4-15-13/h2-4,17H,5-10H2,1H3,(H2,14,16). The second kappa shape index (κ2) is 10.8. The lowest BCUT2D eigenvalue weighted by molar-refractivity contribution is 0.0176. The van der Waals surface area contributed by atoms with Crippen LogP contribution in [0.2, 0.25) is 0 Å². The Balaban J connectivity index is 2.19. The number of hydrogen-bond acceptors (Lipinski definition) is 7. The molecule has 0 spiro atoms. The molecule has 0 saturated carbocycles. The van der Waals surface area contributed by atoms with Crippen molar-refractivity contribution in [2.24, 2.45) is 10.9 Å². The normalized spacial score (nSPS) is 11.6. The molecule has 0 bridgehead atoms. The summed E-state index contributed by atoms with van der Waals surface area (Å²) in [6.45, 7) is 2.79. The van der Waals surface area contributed by atoms with Crippen LogP contribution >= 0.6 is 0 Å². The maximum absolute atomic E-state index is 8.68. The van der Waals surface area contributed by atoms with E-state index in [9.17, 15) is 0 Å². The average Bonchev–Trinajstić information content (AvgIpc) is 2.53. The zero-order valence-corrected chi connectivity index (χ0v) is 12.0. The molecule has 8 heteroatoms. The molecule has 0 aliphatic carbocycles. The summed E-state index contributed by atoms with van der Waals surface area (Å²) in [4.78, 5) is 4.03. The first kappa shape index (κ1) is 17.2. The Hall–Kier alpha value is -1.90. The molecule has 1 aromatic heterocycles. The van der Waals surface area contributed by atoms with Crippen LogP contribution < -0.4 is 10.5 Å². The van der Waals surface area contributed by atoms with E-state index in [0.29, 0.717) is 51.1 Å². The van der Waals surface area contributed by atoms with E-state index >= 15 is 0 Å². The number of pyridine rings is 1. The zero-order chi connectivity index (χ0) is 15.3. The highest BCUT2D eigenvalue weighted by atomic mass is 16.6. The molecular weight excluding hydrogens is 278 g/mol. The van der Waals surface area contributed by atoms with E-state index in [-0.39, 0.29) is 5.84 Å². The van der Waals surface area contributed by atoms with Crippen LogP contribution in [0.15, 0.2) is 23.5 Å². The van der Waals surface area contributed by atoms with Gasteiger partial charge in [-0.3, -0.25) is 0 Å². The lowest BCUT2D eigenvalue weighted by Gasteiger charge is -2.09.